The van der Waals surface area contributed by atoms with Gasteiger partial charge in [0.25, 0.3) is 0 Å². The summed E-state index contributed by atoms with van der Waals surface area (Å²) in [5.74, 6) is -0.488. The zero-order valence-corrected chi connectivity index (χ0v) is 14.1. The molecule has 0 amide bonds. The van der Waals surface area contributed by atoms with Crippen LogP contribution in [0, 0.1) is 5.41 Å². The van der Waals surface area contributed by atoms with E-state index in [-0.39, 0.29) is 13.2 Å². The van der Waals surface area contributed by atoms with Gasteiger partial charge in [0.15, 0.2) is 0 Å². The second-order valence-corrected chi connectivity index (χ2v) is 6.24. The highest BCUT2D eigenvalue weighted by atomic mass is 35.5. The second-order valence-electron chi connectivity index (χ2n) is 5.81. The quantitative estimate of drug-likeness (QED) is 0.819. The van der Waals surface area contributed by atoms with Crippen LogP contribution in [0.2, 0.25) is 5.02 Å². The van der Waals surface area contributed by atoms with Gasteiger partial charge in [0, 0.05) is 5.02 Å². The van der Waals surface area contributed by atoms with Crippen LogP contribution in [-0.4, -0.2) is 32.4 Å². The maximum absolute atomic E-state index is 12.4. The molecule has 124 valence electrons. The van der Waals surface area contributed by atoms with Crippen molar-refractivity contribution in [3.05, 3.63) is 47.5 Å². The van der Waals surface area contributed by atoms with Gasteiger partial charge < -0.3 is 9.84 Å². The Balaban J connectivity index is 2.49. The summed E-state index contributed by atoms with van der Waals surface area (Å²) in [6, 6.07) is 6.73. The van der Waals surface area contributed by atoms with Crippen LogP contribution in [0.25, 0.3) is 0 Å². The van der Waals surface area contributed by atoms with Crippen molar-refractivity contribution in [2.75, 3.05) is 6.61 Å². The van der Waals surface area contributed by atoms with Crippen LogP contribution in [0.4, 0.5) is 0 Å². The number of hydrogen-bond donors (Lipinski definition) is 1. The lowest BCUT2D eigenvalue weighted by Crippen LogP contribution is -2.50. The Bertz CT molecular complexity index is 656. The zero-order chi connectivity index (χ0) is 17.1. The molecular weight excluding hydrogens is 318 g/mol. The Morgan fingerprint density at radius 2 is 2.00 bits per heavy atom. The van der Waals surface area contributed by atoms with E-state index in [0.29, 0.717) is 10.6 Å². The molecule has 1 aromatic carbocycles. The monoisotopic (exact) mass is 337 g/mol. The lowest BCUT2D eigenvalue weighted by molar-refractivity contribution is -0.175. The molecule has 1 aromatic heterocycles. The van der Waals surface area contributed by atoms with E-state index >= 15 is 0 Å². The summed E-state index contributed by atoms with van der Waals surface area (Å²) in [4.78, 5) is 16.3. The number of nitrogens with zero attached hydrogens (tertiary/aromatic N) is 3. The lowest BCUT2D eigenvalue weighted by atomic mass is 9.70. The minimum Gasteiger partial charge on any atom is -0.465 e. The number of aromatic nitrogens is 3. The van der Waals surface area contributed by atoms with Gasteiger partial charge in [-0.2, -0.15) is 5.10 Å². The van der Waals surface area contributed by atoms with Crippen molar-refractivity contribution >= 4 is 17.6 Å². The summed E-state index contributed by atoms with van der Waals surface area (Å²) >= 11 is 5.93. The third kappa shape index (κ3) is 3.38. The van der Waals surface area contributed by atoms with Crippen LogP contribution in [0.1, 0.15) is 26.3 Å². The third-order valence-electron chi connectivity index (χ3n) is 4.00. The van der Waals surface area contributed by atoms with Crippen LogP contribution in [0.15, 0.2) is 36.9 Å². The number of rotatable bonds is 6. The largest absolute Gasteiger partial charge is 0.465 e. The maximum Gasteiger partial charge on any atom is 0.314 e. The molecule has 0 aliphatic rings. The Morgan fingerprint density at radius 1 is 1.35 bits per heavy atom. The topological polar surface area (TPSA) is 77.2 Å². The first-order valence-electron chi connectivity index (χ1n) is 7.29. The number of esters is 1. The number of ether oxygens (including phenoxy) is 1. The Morgan fingerprint density at radius 3 is 2.52 bits per heavy atom. The van der Waals surface area contributed by atoms with Crippen molar-refractivity contribution in [3.63, 3.8) is 0 Å². The van der Waals surface area contributed by atoms with E-state index in [1.54, 1.807) is 45.0 Å². The van der Waals surface area contributed by atoms with E-state index in [2.05, 4.69) is 10.1 Å². The summed E-state index contributed by atoms with van der Waals surface area (Å²) in [7, 11) is 0. The third-order valence-corrected chi connectivity index (χ3v) is 4.25. The van der Waals surface area contributed by atoms with E-state index in [0.717, 1.165) is 0 Å². The van der Waals surface area contributed by atoms with E-state index < -0.39 is 17.0 Å². The van der Waals surface area contributed by atoms with Gasteiger partial charge in [0.05, 0.1) is 18.6 Å². The molecule has 1 atom stereocenters. The van der Waals surface area contributed by atoms with Gasteiger partial charge in [-0.15, -0.1) is 0 Å². The number of carbonyl (C=O) groups excluding carboxylic acids is 1. The first-order valence-corrected chi connectivity index (χ1v) is 7.67. The molecule has 1 N–H and O–H groups in total. The van der Waals surface area contributed by atoms with Crippen LogP contribution in [-0.2, 0) is 21.7 Å². The summed E-state index contributed by atoms with van der Waals surface area (Å²) in [6.45, 7) is 5.32. The van der Waals surface area contributed by atoms with Gasteiger partial charge in [-0.1, -0.05) is 23.7 Å². The molecule has 0 spiro atoms. The Kier molecular flexibility index (Phi) is 5.06. The molecule has 7 heteroatoms. The predicted molar refractivity (Wildman–Crippen MR) is 85.8 cm³/mol. The normalized spacial score (nSPS) is 14.3. The SMILES string of the molecule is CCOC(=O)C(C)(C)C(O)(Cn1cncn1)c1ccc(Cl)cc1. The van der Waals surface area contributed by atoms with E-state index in [1.807, 2.05) is 0 Å². The lowest BCUT2D eigenvalue weighted by Gasteiger charge is -2.40. The Hall–Kier alpha value is -1.92. The summed E-state index contributed by atoms with van der Waals surface area (Å²) in [6.07, 6.45) is 2.86. The average Bonchev–Trinajstić information content (AvgIpc) is 3.00. The van der Waals surface area contributed by atoms with Crippen molar-refractivity contribution in [3.8, 4) is 0 Å². The second kappa shape index (κ2) is 6.68. The molecule has 0 fully saturated rings. The van der Waals surface area contributed by atoms with Gasteiger partial charge in [0.2, 0.25) is 0 Å². The van der Waals surface area contributed by atoms with Gasteiger partial charge in [-0.3, -0.25) is 4.79 Å². The first kappa shape index (κ1) is 17.4. The molecule has 6 nitrogen and oxygen atoms in total. The molecule has 2 aromatic rings. The van der Waals surface area contributed by atoms with E-state index in [1.165, 1.54) is 17.3 Å². The highest BCUT2D eigenvalue weighted by molar-refractivity contribution is 6.30. The summed E-state index contributed by atoms with van der Waals surface area (Å²) < 4.78 is 6.63. The molecule has 0 saturated heterocycles. The van der Waals surface area contributed by atoms with Gasteiger partial charge in [-0.25, -0.2) is 9.67 Å². The van der Waals surface area contributed by atoms with Gasteiger partial charge in [-0.05, 0) is 38.5 Å². The fraction of sp³-hybridized carbons (Fsp3) is 0.438. The fourth-order valence-electron chi connectivity index (χ4n) is 2.40. The molecule has 0 bridgehead atoms. The molecule has 2 rings (SSSR count). The van der Waals surface area contributed by atoms with Crippen molar-refractivity contribution in [1.29, 1.82) is 0 Å². The number of aliphatic hydroxyl groups is 1. The first-order chi connectivity index (χ1) is 10.8. The minimum atomic E-state index is -1.54. The van der Waals surface area contributed by atoms with Crippen LogP contribution in [0.5, 0.6) is 0 Å². The number of carbonyl (C=O) groups is 1. The maximum atomic E-state index is 12.4. The highest BCUT2D eigenvalue weighted by Gasteiger charge is 2.51. The van der Waals surface area contributed by atoms with E-state index in [9.17, 15) is 9.90 Å². The molecule has 1 unspecified atom stereocenters. The van der Waals surface area contributed by atoms with E-state index in [4.69, 9.17) is 16.3 Å². The standard InChI is InChI=1S/C16H20ClN3O3/c1-4-23-14(21)15(2,3)16(22,9-20-11-18-10-19-20)12-5-7-13(17)8-6-12/h5-8,10-11,22H,4,9H2,1-3H3. The molecule has 0 saturated carbocycles. The fourth-order valence-corrected chi connectivity index (χ4v) is 2.53. The zero-order valence-electron chi connectivity index (χ0n) is 13.4. The van der Waals surface area contributed by atoms with Crippen molar-refractivity contribution < 1.29 is 14.6 Å². The number of benzene rings is 1. The highest BCUT2D eigenvalue weighted by Crippen LogP contribution is 2.42. The molecular formula is C16H20ClN3O3. The minimum absolute atomic E-state index is 0.0560. The molecule has 0 aliphatic heterocycles. The molecule has 0 radical (unpaired) electrons. The summed E-state index contributed by atoms with van der Waals surface area (Å²) in [5.41, 5.74) is -2.20. The van der Waals surface area contributed by atoms with Crippen molar-refractivity contribution in [2.24, 2.45) is 5.41 Å². The predicted octanol–water partition coefficient (Wildman–Crippen LogP) is 2.41. The molecule has 1 heterocycles. The Labute approximate surface area is 140 Å². The number of halogens is 1. The average molecular weight is 338 g/mol. The van der Waals surface area contributed by atoms with Crippen LogP contribution in [0.3, 0.4) is 0 Å². The van der Waals surface area contributed by atoms with Gasteiger partial charge in [0.1, 0.15) is 18.3 Å². The van der Waals surface area contributed by atoms with Crippen LogP contribution >= 0.6 is 11.6 Å². The van der Waals surface area contributed by atoms with Crippen molar-refractivity contribution in [1.82, 2.24) is 14.8 Å². The van der Waals surface area contributed by atoms with Gasteiger partial charge >= 0.3 is 5.97 Å². The summed E-state index contributed by atoms with van der Waals surface area (Å²) in [5, 5.41) is 16.0. The van der Waals surface area contributed by atoms with Crippen molar-refractivity contribution in [2.45, 2.75) is 32.9 Å². The van der Waals surface area contributed by atoms with Crippen LogP contribution < -0.4 is 0 Å². The molecule has 23 heavy (non-hydrogen) atoms. The smallest absolute Gasteiger partial charge is 0.314 e. The molecule has 0 aliphatic carbocycles. The number of hydrogen-bond acceptors (Lipinski definition) is 5.